The standard InChI is InChI=1S/C27H22N2O5/c1-17(18-7-3-2-4-8-18)28-16-19(15-24(28)30)27(33)34-21-13-11-20(12-14-21)29-25(31)22-9-5-6-10-23(22)26(29)32/h2-14,17,19H,15-16H2,1H3/t17-,19-/m1/s1. The molecule has 170 valence electrons. The number of amides is 3. The highest BCUT2D eigenvalue weighted by Crippen LogP contribution is 2.31. The molecule has 0 N–H and O–H groups in total. The Morgan fingerprint density at radius 2 is 1.44 bits per heavy atom. The number of rotatable bonds is 5. The van der Waals surface area contributed by atoms with Crippen molar-refractivity contribution in [1.29, 1.82) is 0 Å². The molecular weight excluding hydrogens is 432 g/mol. The van der Waals surface area contributed by atoms with Gasteiger partial charge in [0.05, 0.1) is 28.8 Å². The van der Waals surface area contributed by atoms with Crippen LogP contribution in [0.25, 0.3) is 0 Å². The number of likely N-dealkylation sites (tertiary alicyclic amines) is 1. The molecule has 0 spiro atoms. The first kappa shape index (κ1) is 21.6. The summed E-state index contributed by atoms with van der Waals surface area (Å²) in [5.74, 6) is -1.62. The average Bonchev–Trinajstić information content (AvgIpc) is 3.37. The molecule has 0 aliphatic carbocycles. The van der Waals surface area contributed by atoms with E-state index in [1.54, 1.807) is 41.3 Å². The zero-order chi connectivity index (χ0) is 23.8. The van der Waals surface area contributed by atoms with Gasteiger partial charge in [-0.2, -0.15) is 0 Å². The molecule has 7 heteroatoms. The molecule has 1 fully saturated rings. The molecule has 0 unspecified atom stereocenters. The smallest absolute Gasteiger partial charge is 0.316 e. The Balaban J connectivity index is 1.24. The number of fused-ring (bicyclic) bond motifs is 1. The molecule has 34 heavy (non-hydrogen) atoms. The Bertz CT molecular complexity index is 1250. The Hall–Kier alpha value is -4.26. The summed E-state index contributed by atoms with van der Waals surface area (Å²) < 4.78 is 5.51. The molecule has 1 saturated heterocycles. The summed E-state index contributed by atoms with van der Waals surface area (Å²) in [6.07, 6.45) is 0.100. The Morgan fingerprint density at radius 1 is 0.853 bits per heavy atom. The first-order valence-corrected chi connectivity index (χ1v) is 11.1. The Morgan fingerprint density at radius 3 is 2.06 bits per heavy atom. The molecule has 3 aromatic carbocycles. The summed E-state index contributed by atoms with van der Waals surface area (Å²) in [6, 6.07) is 22.4. The zero-order valence-electron chi connectivity index (χ0n) is 18.5. The van der Waals surface area contributed by atoms with Crippen molar-refractivity contribution in [2.45, 2.75) is 19.4 Å². The van der Waals surface area contributed by atoms with Crippen LogP contribution >= 0.6 is 0 Å². The molecule has 2 heterocycles. The molecule has 0 aromatic heterocycles. The van der Waals surface area contributed by atoms with Crippen molar-refractivity contribution in [2.24, 2.45) is 5.92 Å². The third-order valence-corrected chi connectivity index (χ3v) is 6.35. The monoisotopic (exact) mass is 454 g/mol. The molecule has 0 bridgehead atoms. The lowest BCUT2D eigenvalue weighted by molar-refractivity contribution is -0.139. The number of hydrogen-bond acceptors (Lipinski definition) is 5. The van der Waals surface area contributed by atoms with E-state index in [0.29, 0.717) is 23.4 Å². The summed E-state index contributed by atoms with van der Waals surface area (Å²) in [7, 11) is 0. The zero-order valence-corrected chi connectivity index (χ0v) is 18.5. The van der Waals surface area contributed by atoms with Crippen LogP contribution in [0.5, 0.6) is 5.75 Å². The van der Waals surface area contributed by atoms with Gasteiger partial charge in [-0.3, -0.25) is 19.2 Å². The lowest BCUT2D eigenvalue weighted by Gasteiger charge is -2.25. The first-order valence-electron chi connectivity index (χ1n) is 11.1. The van der Waals surface area contributed by atoms with Gasteiger partial charge in [-0.05, 0) is 48.9 Å². The van der Waals surface area contributed by atoms with Crippen LogP contribution in [0.3, 0.4) is 0 Å². The maximum Gasteiger partial charge on any atom is 0.316 e. The van der Waals surface area contributed by atoms with Crippen molar-refractivity contribution in [1.82, 2.24) is 4.90 Å². The SMILES string of the molecule is C[C@H](c1ccccc1)N1C[C@H](C(=O)Oc2ccc(N3C(=O)c4ccccc4C3=O)cc2)CC1=O. The van der Waals surface area contributed by atoms with E-state index in [4.69, 9.17) is 4.74 Å². The van der Waals surface area contributed by atoms with E-state index in [2.05, 4.69) is 0 Å². The summed E-state index contributed by atoms with van der Waals surface area (Å²) in [6.45, 7) is 2.24. The topological polar surface area (TPSA) is 84.0 Å². The molecular formula is C27H22N2O5. The number of carbonyl (C=O) groups is 4. The van der Waals surface area contributed by atoms with E-state index in [9.17, 15) is 19.2 Å². The van der Waals surface area contributed by atoms with Crippen molar-refractivity contribution in [3.8, 4) is 5.75 Å². The minimum Gasteiger partial charge on any atom is -0.426 e. The van der Waals surface area contributed by atoms with Crippen LogP contribution in [-0.2, 0) is 9.59 Å². The molecule has 7 nitrogen and oxygen atoms in total. The van der Waals surface area contributed by atoms with Crippen LogP contribution in [-0.4, -0.2) is 35.1 Å². The quantitative estimate of drug-likeness (QED) is 0.331. The molecule has 5 rings (SSSR count). The normalized spacial score (nSPS) is 18.3. The van der Waals surface area contributed by atoms with Crippen LogP contribution in [0.1, 0.15) is 45.7 Å². The molecule has 3 amide bonds. The highest BCUT2D eigenvalue weighted by molar-refractivity contribution is 6.34. The highest BCUT2D eigenvalue weighted by atomic mass is 16.5. The molecule has 0 saturated carbocycles. The van der Waals surface area contributed by atoms with Crippen LogP contribution in [0.15, 0.2) is 78.9 Å². The number of carbonyl (C=O) groups excluding carboxylic acids is 4. The second-order valence-corrected chi connectivity index (χ2v) is 8.44. The minimum atomic E-state index is -0.561. The van der Waals surface area contributed by atoms with E-state index in [1.807, 2.05) is 37.3 Å². The van der Waals surface area contributed by atoms with Gasteiger partial charge in [0, 0.05) is 13.0 Å². The van der Waals surface area contributed by atoms with E-state index in [0.717, 1.165) is 10.5 Å². The van der Waals surface area contributed by atoms with E-state index >= 15 is 0 Å². The molecule has 2 atom stereocenters. The van der Waals surface area contributed by atoms with Crippen molar-refractivity contribution in [3.05, 3.63) is 95.6 Å². The largest absolute Gasteiger partial charge is 0.426 e. The van der Waals surface area contributed by atoms with E-state index in [-0.39, 0.29) is 35.9 Å². The van der Waals surface area contributed by atoms with Crippen LogP contribution < -0.4 is 9.64 Å². The predicted octanol–water partition coefficient (Wildman–Crippen LogP) is 4.00. The third kappa shape index (κ3) is 3.75. The number of ether oxygens (including phenoxy) is 1. The van der Waals surface area contributed by atoms with Crippen LogP contribution in [0.2, 0.25) is 0 Å². The number of anilines is 1. The van der Waals surface area contributed by atoms with Crippen molar-refractivity contribution in [3.63, 3.8) is 0 Å². The maximum atomic E-state index is 12.7. The lowest BCUT2D eigenvalue weighted by Crippen LogP contribution is -2.30. The fraction of sp³-hybridized carbons (Fsp3) is 0.185. The second kappa shape index (κ2) is 8.59. The van der Waals surface area contributed by atoms with Gasteiger partial charge >= 0.3 is 5.97 Å². The predicted molar refractivity (Wildman–Crippen MR) is 124 cm³/mol. The number of benzene rings is 3. The summed E-state index contributed by atoms with van der Waals surface area (Å²) >= 11 is 0. The fourth-order valence-corrected chi connectivity index (χ4v) is 4.46. The van der Waals surface area contributed by atoms with Crippen LogP contribution in [0.4, 0.5) is 5.69 Å². The number of esters is 1. The van der Waals surface area contributed by atoms with E-state index < -0.39 is 11.9 Å². The number of hydrogen-bond donors (Lipinski definition) is 0. The maximum absolute atomic E-state index is 12.7. The number of imide groups is 1. The van der Waals surface area contributed by atoms with E-state index in [1.165, 1.54) is 12.1 Å². The van der Waals surface area contributed by atoms with Crippen LogP contribution in [0, 0.1) is 5.92 Å². The van der Waals surface area contributed by atoms with Gasteiger partial charge in [0.1, 0.15) is 5.75 Å². The Labute approximate surface area is 196 Å². The molecule has 2 aliphatic rings. The van der Waals surface area contributed by atoms with Gasteiger partial charge in [-0.25, -0.2) is 4.90 Å². The lowest BCUT2D eigenvalue weighted by atomic mass is 10.1. The van der Waals surface area contributed by atoms with Gasteiger partial charge in [-0.1, -0.05) is 42.5 Å². The minimum absolute atomic E-state index is 0.0840. The van der Waals surface area contributed by atoms with Crippen molar-refractivity contribution < 1.29 is 23.9 Å². The highest BCUT2D eigenvalue weighted by Gasteiger charge is 2.39. The van der Waals surface area contributed by atoms with Gasteiger partial charge in [-0.15, -0.1) is 0 Å². The molecule has 2 aliphatic heterocycles. The number of nitrogens with zero attached hydrogens (tertiary/aromatic N) is 2. The summed E-state index contributed by atoms with van der Waals surface area (Å²) in [5.41, 5.74) is 2.13. The first-order chi connectivity index (χ1) is 16.4. The third-order valence-electron chi connectivity index (χ3n) is 6.35. The Kier molecular flexibility index (Phi) is 5.45. The van der Waals surface area contributed by atoms with Gasteiger partial charge < -0.3 is 9.64 Å². The van der Waals surface area contributed by atoms with Crippen molar-refractivity contribution >= 4 is 29.4 Å². The van der Waals surface area contributed by atoms with Gasteiger partial charge in [0.25, 0.3) is 11.8 Å². The van der Waals surface area contributed by atoms with Gasteiger partial charge in [0.15, 0.2) is 0 Å². The van der Waals surface area contributed by atoms with Crippen molar-refractivity contribution in [2.75, 3.05) is 11.4 Å². The van der Waals surface area contributed by atoms with Gasteiger partial charge in [0.2, 0.25) is 5.91 Å². The summed E-state index contributed by atoms with van der Waals surface area (Å²) in [4.78, 5) is 53.4. The average molecular weight is 454 g/mol. The fourth-order valence-electron chi connectivity index (χ4n) is 4.46. The molecule has 3 aromatic rings. The summed E-state index contributed by atoms with van der Waals surface area (Å²) in [5, 5.41) is 0. The second-order valence-electron chi connectivity index (χ2n) is 8.44. The molecule has 0 radical (unpaired) electrons.